The Kier molecular flexibility index (Phi) is 6.36. The third kappa shape index (κ3) is 4.85. The summed E-state index contributed by atoms with van der Waals surface area (Å²) >= 11 is 0. The minimum absolute atomic E-state index is 0.0381. The normalized spacial score (nSPS) is 15.0. The third-order valence-corrected chi connectivity index (χ3v) is 4.88. The lowest BCUT2D eigenvalue weighted by molar-refractivity contribution is -0.154. The number of benzene rings is 2. The van der Waals surface area contributed by atoms with Crippen LogP contribution >= 0.6 is 0 Å². The van der Waals surface area contributed by atoms with Gasteiger partial charge in [-0.05, 0) is 55.5 Å². The second kappa shape index (κ2) is 9.53. The molecule has 3 aromatic rings. The maximum Gasteiger partial charge on any atom is 0.279 e. The fourth-order valence-corrected chi connectivity index (χ4v) is 3.22. The summed E-state index contributed by atoms with van der Waals surface area (Å²) in [5, 5.41) is 12.6. The topological polar surface area (TPSA) is 125 Å². The molecule has 0 saturated carbocycles. The van der Waals surface area contributed by atoms with Crippen molar-refractivity contribution in [3.05, 3.63) is 67.3 Å². The number of aromatic nitrogens is 2. The van der Waals surface area contributed by atoms with Crippen molar-refractivity contribution in [2.24, 2.45) is 0 Å². The first kappa shape index (κ1) is 22.0. The van der Waals surface area contributed by atoms with Gasteiger partial charge in [0.05, 0.1) is 6.61 Å². The van der Waals surface area contributed by atoms with E-state index in [1.807, 2.05) is 6.92 Å². The van der Waals surface area contributed by atoms with Crippen LogP contribution in [0.15, 0.2) is 71.7 Å². The van der Waals surface area contributed by atoms with Crippen LogP contribution in [0, 0.1) is 0 Å². The summed E-state index contributed by atoms with van der Waals surface area (Å²) in [6.45, 7) is 6.03. The lowest BCUT2D eigenvalue weighted by Gasteiger charge is -2.35. The lowest BCUT2D eigenvalue weighted by Crippen LogP contribution is -2.66. The van der Waals surface area contributed by atoms with Crippen LogP contribution in [0.3, 0.4) is 0 Å². The number of carbonyl (C=O) groups excluding carboxylic acids is 2. The van der Waals surface area contributed by atoms with Crippen LogP contribution < -0.4 is 20.1 Å². The van der Waals surface area contributed by atoms with E-state index >= 15 is 0 Å². The Balaban J connectivity index is 1.46. The van der Waals surface area contributed by atoms with E-state index < -0.39 is 17.4 Å². The molecule has 1 aliphatic heterocycles. The molecule has 10 nitrogen and oxygen atoms in total. The summed E-state index contributed by atoms with van der Waals surface area (Å²) in [6.07, 6.45) is 1.30. The highest BCUT2D eigenvalue weighted by Crippen LogP contribution is 2.29. The van der Waals surface area contributed by atoms with Crippen molar-refractivity contribution in [1.29, 1.82) is 0 Å². The van der Waals surface area contributed by atoms with Gasteiger partial charge in [-0.25, -0.2) is 0 Å². The summed E-state index contributed by atoms with van der Waals surface area (Å²) in [5.74, 6) is 0.792. The largest absolute Gasteiger partial charge is 0.467 e. The molecule has 0 unspecified atom stereocenters. The van der Waals surface area contributed by atoms with Crippen molar-refractivity contribution in [2.45, 2.75) is 18.9 Å². The molecule has 4 rings (SSSR count). The Morgan fingerprint density at radius 1 is 0.970 bits per heavy atom. The molecule has 0 atom stereocenters. The molecule has 0 aliphatic carbocycles. The van der Waals surface area contributed by atoms with Gasteiger partial charge in [0.25, 0.3) is 17.4 Å². The molecule has 1 aromatic heterocycles. The molecule has 2 N–H and O–H groups in total. The van der Waals surface area contributed by atoms with Crippen LogP contribution in [0.2, 0.25) is 0 Å². The average Bonchev–Trinajstić information content (AvgIpc) is 3.34. The van der Waals surface area contributed by atoms with Crippen LogP contribution in [-0.4, -0.2) is 40.8 Å². The van der Waals surface area contributed by atoms with E-state index in [1.165, 1.54) is 6.39 Å². The van der Waals surface area contributed by atoms with Crippen molar-refractivity contribution in [2.75, 3.05) is 13.2 Å². The Morgan fingerprint density at radius 2 is 1.58 bits per heavy atom. The van der Waals surface area contributed by atoms with E-state index in [2.05, 4.69) is 27.4 Å². The summed E-state index contributed by atoms with van der Waals surface area (Å²) < 4.78 is 22.3. The van der Waals surface area contributed by atoms with Crippen molar-refractivity contribution >= 4 is 11.8 Å². The van der Waals surface area contributed by atoms with E-state index in [1.54, 1.807) is 48.5 Å². The number of amides is 2. The fourth-order valence-electron chi connectivity index (χ4n) is 3.22. The first-order valence-corrected chi connectivity index (χ1v) is 10.2. The minimum atomic E-state index is -1.77. The zero-order valence-corrected chi connectivity index (χ0v) is 17.9. The molecular formula is C23H22N4O6. The summed E-state index contributed by atoms with van der Waals surface area (Å²) in [5.41, 5.74) is -1.00. The molecule has 0 bridgehead atoms. The maximum absolute atomic E-state index is 12.7. The van der Waals surface area contributed by atoms with Gasteiger partial charge in [-0.2, -0.15) is 0 Å². The van der Waals surface area contributed by atoms with Crippen LogP contribution in [-0.2, 0) is 14.3 Å². The van der Waals surface area contributed by atoms with Crippen LogP contribution in [0.25, 0.3) is 11.5 Å². The zero-order valence-electron chi connectivity index (χ0n) is 17.9. The van der Waals surface area contributed by atoms with Crippen molar-refractivity contribution in [3.8, 4) is 28.7 Å². The van der Waals surface area contributed by atoms with E-state index in [9.17, 15) is 9.59 Å². The Labute approximate surface area is 189 Å². The molecule has 1 fully saturated rings. The molecular weight excluding hydrogens is 428 g/mol. The summed E-state index contributed by atoms with van der Waals surface area (Å²) in [7, 11) is 0. The van der Waals surface area contributed by atoms with Gasteiger partial charge >= 0.3 is 0 Å². The van der Waals surface area contributed by atoms with Crippen molar-refractivity contribution in [3.63, 3.8) is 0 Å². The number of hydrogen-bond donors (Lipinski definition) is 2. The van der Waals surface area contributed by atoms with Gasteiger partial charge in [-0.3, -0.25) is 9.59 Å². The standard InChI is InChI=1S/C23H22N4O6/c1-3-30-13-12-23(21(28)25-15(2)26-22(23)29)33-19-10-8-18(9-11-19)32-17-6-4-16(5-7-17)20-27-24-14-31-20/h4-11,14H,2-3,12-13H2,1H3,(H,25,28)(H,26,29). The molecule has 2 heterocycles. The SMILES string of the molecule is C=C1NC(=O)C(CCOCC)(Oc2ccc(Oc3ccc(-c4nnco4)cc3)cc2)C(=O)N1. The minimum Gasteiger partial charge on any atom is -0.467 e. The predicted molar refractivity (Wildman–Crippen MR) is 116 cm³/mol. The Bertz CT molecular complexity index is 1110. The quantitative estimate of drug-likeness (QED) is 0.377. The molecule has 1 aliphatic rings. The Morgan fingerprint density at radius 3 is 2.15 bits per heavy atom. The summed E-state index contributed by atoms with van der Waals surface area (Å²) in [6, 6.07) is 13.7. The van der Waals surface area contributed by atoms with Gasteiger partial charge in [-0.15, -0.1) is 10.2 Å². The maximum atomic E-state index is 12.7. The predicted octanol–water partition coefficient (Wildman–Crippen LogP) is 2.79. The van der Waals surface area contributed by atoms with Gasteiger partial charge < -0.3 is 29.3 Å². The molecule has 2 amide bonds. The second-order valence-corrected chi connectivity index (χ2v) is 7.10. The first-order chi connectivity index (χ1) is 16.0. The first-order valence-electron chi connectivity index (χ1n) is 10.2. The summed E-state index contributed by atoms with van der Waals surface area (Å²) in [4.78, 5) is 25.4. The van der Waals surface area contributed by atoms with Gasteiger partial charge in [0, 0.05) is 18.6 Å². The van der Waals surface area contributed by atoms with Gasteiger partial charge in [0.2, 0.25) is 12.3 Å². The molecule has 10 heteroatoms. The van der Waals surface area contributed by atoms with Gasteiger partial charge in [0.15, 0.2) is 0 Å². The van der Waals surface area contributed by atoms with Crippen LogP contribution in [0.1, 0.15) is 13.3 Å². The molecule has 1 saturated heterocycles. The highest BCUT2D eigenvalue weighted by molar-refractivity contribution is 6.12. The second-order valence-electron chi connectivity index (χ2n) is 7.10. The van der Waals surface area contributed by atoms with Gasteiger partial charge in [-0.1, -0.05) is 6.58 Å². The number of carbonyl (C=O) groups is 2. The molecule has 0 spiro atoms. The number of ether oxygens (including phenoxy) is 3. The van der Waals surface area contributed by atoms with E-state index in [0.717, 1.165) is 5.56 Å². The van der Waals surface area contributed by atoms with Crippen molar-refractivity contribution in [1.82, 2.24) is 20.8 Å². The monoisotopic (exact) mass is 450 g/mol. The number of nitrogens with zero attached hydrogens (tertiary/aromatic N) is 2. The number of nitrogens with one attached hydrogen (secondary N) is 2. The highest BCUT2D eigenvalue weighted by atomic mass is 16.5. The molecule has 33 heavy (non-hydrogen) atoms. The third-order valence-electron chi connectivity index (χ3n) is 4.88. The Hall–Kier alpha value is -4.18. The zero-order chi connectivity index (χ0) is 23.3. The van der Waals surface area contributed by atoms with Crippen LogP contribution in [0.4, 0.5) is 0 Å². The highest BCUT2D eigenvalue weighted by Gasteiger charge is 2.51. The van der Waals surface area contributed by atoms with E-state index in [0.29, 0.717) is 29.7 Å². The fraction of sp³-hybridized carbons (Fsp3) is 0.217. The molecule has 170 valence electrons. The number of hydrogen-bond acceptors (Lipinski definition) is 8. The lowest BCUT2D eigenvalue weighted by atomic mass is 9.95. The average molecular weight is 450 g/mol. The van der Waals surface area contributed by atoms with E-state index in [4.69, 9.17) is 18.6 Å². The van der Waals surface area contributed by atoms with Crippen molar-refractivity contribution < 1.29 is 28.2 Å². The van der Waals surface area contributed by atoms with Crippen LogP contribution in [0.5, 0.6) is 17.2 Å². The van der Waals surface area contributed by atoms with Gasteiger partial charge in [0.1, 0.15) is 23.1 Å². The molecule has 0 radical (unpaired) electrons. The molecule has 2 aromatic carbocycles. The smallest absolute Gasteiger partial charge is 0.279 e. The van der Waals surface area contributed by atoms with E-state index in [-0.39, 0.29) is 18.8 Å². The number of rotatable bonds is 9.